The molecule has 0 radical (unpaired) electrons. The Morgan fingerprint density at radius 1 is 1.40 bits per heavy atom. The molecule has 2 heterocycles. The van der Waals surface area contributed by atoms with Crippen LogP contribution in [0.25, 0.3) is 10.9 Å². The van der Waals surface area contributed by atoms with Crippen molar-refractivity contribution in [2.75, 3.05) is 24.4 Å². The van der Waals surface area contributed by atoms with Crippen molar-refractivity contribution >= 4 is 34.2 Å². The van der Waals surface area contributed by atoms with E-state index in [2.05, 4.69) is 20.4 Å². The molecule has 3 rings (SSSR count). The van der Waals surface area contributed by atoms with Crippen molar-refractivity contribution in [2.24, 2.45) is 0 Å². The molecule has 0 spiro atoms. The second kappa shape index (κ2) is 8.59. The molecule has 8 nitrogen and oxygen atoms in total. The number of amides is 1. The van der Waals surface area contributed by atoms with Gasteiger partial charge in [0.1, 0.15) is 0 Å². The smallest absolute Gasteiger partial charge is 0.419 e. The first kappa shape index (κ1) is 21.4. The summed E-state index contributed by atoms with van der Waals surface area (Å²) in [5.74, 6) is -8.17. The number of hydrogen-bond donors (Lipinski definition) is 2. The lowest BCUT2D eigenvalue weighted by molar-refractivity contribution is -0.173. The Morgan fingerprint density at radius 3 is 2.83 bits per heavy atom. The summed E-state index contributed by atoms with van der Waals surface area (Å²) < 4.78 is 37.5. The Labute approximate surface area is 171 Å². The Morgan fingerprint density at radius 2 is 2.17 bits per heavy atom. The van der Waals surface area contributed by atoms with Crippen LogP contribution in [0.15, 0.2) is 24.4 Å². The minimum atomic E-state index is -4.37. The maximum atomic E-state index is 14.0. The molecule has 10 heteroatoms. The molecular formula is C20H20F2N4O4. The molecule has 0 aliphatic carbocycles. The molecule has 1 aliphatic rings. The van der Waals surface area contributed by atoms with Gasteiger partial charge in [0.05, 0.1) is 47.9 Å². The standard InChI is InChI=1S/C20H20F2N4O4/c1-11-7-13(5-6-30-11)25-17-14-8-12(9-23)3-4-15(14)24-10-16(17)26-18(27)20(21,22)19(28)29-2/h3-4,8,10-11,13H,5-7H2,1-2H3,(H,24,25)(H,26,27)/t11-,13-/m1/s1. The molecule has 1 aliphatic heterocycles. The van der Waals surface area contributed by atoms with E-state index < -0.39 is 17.8 Å². The SMILES string of the molecule is COC(=O)C(F)(F)C(=O)Nc1cnc2ccc(C#N)cc2c1N[C@@H]1CCO[C@H](C)C1. The lowest BCUT2D eigenvalue weighted by Crippen LogP contribution is -2.43. The molecule has 1 aromatic heterocycles. The van der Waals surface area contributed by atoms with Gasteiger partial charge in [-0.05, 0) is 38.0 Å². The molecule has 0 saturated carbocycles. The fourth-order valence-electron chi connectivity index (χ4n) is 3.27. The summed E-state index contributed by atoms with van der Waals surface area (Å²) in [6, 6.07) is 6.73. The van der Waals surface area contributed by atoms with Crippen LogP contribution in [-0.4, -0.2) is 48.6 Å². The number of fused-ring (bicyclic) bond motifs is 1. The number of nitrogens with zero attached hydrogens (tertiary/aromatic N) is 2. The van der Waals surface area contributed by atoms with Crippen molar-refractivity contribution in [3.05, 3.63) is 30.0 Å². The van der Waals surface area contributed by atoms with Gasteiger partial charge in [-0.3, -0.25) is 9.78 Å². The topological polar surface area (TPSA) is 113 Å². The quantitative estimate of drug-likeness (QED) is 0.567. The number of carbonyl (C=O) groups excluding carboxylic acids is 2. The molecule has 1 aromatic carbocycles. The molecule has 1 saturated heterocycles. The van der Waals surface area contributed by atoms with Gasteiger partial charge in [0.15, 0.2) is 0 Å². The second-order valence-corrected chi connectivity index (χ2v) is 6.96. The molecule has 158 valence electrons. The van der Waals surface area contributed by atoms with Crippen molar-refractivity contribution in [3.8, 4) is 6.07 Å². The number of alkyl halides is 2. The maximum Gasteiger partial charge on any atom is 0.419 e. The number of pyridine rings is 1. The highest BCUT2D eigenvalue weighted by Crippen LogP contribution is 2.34. The highest BCUT2D eigenvalue weighted by molar-refractivity contribution is 6.12. The second-order valence-electron chi connectivity index (χ2n) is 6.96. The summed E-state index contributed by atoms with van der Waals surface area (Å²) in [6.45, 7) is 2.44. The number of methoxy groups -OCH3 is 1. The van der Waals surface area contributed by atoms with Crippen LogP contribution in [0.4, 0.5) is 20.2 Å². The minimum absolute atomic E-state index is 0.000666. The largest absolute Gasteiger partial charge is 0.464 e. The predicted octanol–water partition coefficient (Wildman–Crippen LogP) is 2.83. The summed E-state index contributed by atoms with van der Waals surface area (Å²) in [6.07, 6.45) is 2.55. The van der Waals surface area contributed by atoms with Gasteiger partial charge in [0.25, 0.3) is 0 Å². The minimum Gasteiger partial charge on any atom is -0.464 e. The van der Waals surface area contributed by atoms with E-state index >= 15 is 0 Å². The number of halogens is 2. The lowest BCUT2D eigenvalue weighted by Gasteiger charge is -2.30. The van der Waals surface area contributed by atoms with E-state index in [4.69, 9.17) is 4.74 Å². The first-order valence-corrected chi connectivity index (χ1v) is 9.25. The zero-order chi connectivity index (χ0) is 21.9. The summed E-state index contributed by atoms with van der Waals surface area (Å²) in [5, 5.41) is 15.0. The lowest BCUT2D eigenvalue weighted by atomic mass is 10.0. The zero-order valence-electron chi connectivity index (χ0n) is 16.4. The van der Waals surface area contributed by atoms with Crippen LogP contribution in [0.5, 0.6) is 0 Å². The van der Waals surface area contributed by atoms with E-state index in [0.29, 0.717) is 41.6 Å². The summed E-state index contributed by atoms with van der Waals surface area (Å²) in [5.41, 5.74) is 1.15. The number of hydrogen-bond acceptors (Lipinski definition) is 7. The van der Waals surface area contributed by atoms with Crippen LogP contribution < -0.4 is 10.6 Å². The van der Waals surface area contributed by atoms with Gasteiger partial charge < -0.3 is 20.1 Å². The molecule has 1 amide bonds. The summed E-state index contributed by atoms with van der Waals surface area (Å²) in [7, 11) is 0.768. The predicted molar refractivity (Wildman–Crippen MR) is 104 cm³/mol. The van der Waals surface area contributed by atoms with Crippen LogP contribution in [0.3, 0.4) is 0 Å². The molecular weight excluding hydrogens is 398 g/mol. The highest BCUT2D eigenvalue weighted by Gasteiger charge is 2.49. The Kier molecular flexibility index (Phi) is 6.12. The number of nitrogens with one attached hydrogen (secondary N) is 2. The third kappa shape index (κ3) is 4.31. The summed E-state index contributed by atoms with van der Waals surface area (Å²) in [4.78, 5) is 27.6. The number of benzene rings is 1. The van der Waals surface area contributed by atoms with Gasteiger partial charge in [-0.25, -0.2) is 4.79 Å². The van der Waals surface area contributed by atoms with Crippen LogP contribution in [-0.2, 0) is 19.1 Å². The van der Waals surface area contributed by atoms with Gasteiger partial charge >= 0.3 is 17.8 Å². The summed E-state index contributed by atoms with van der Waals surface area (Å²) >= 11 is 0. The van der Waals surface area contributed by atoms with Crippen molar-refractivity contribution < 1.29 is 27.8 Å². The first-order valence-electron chi connectivity index (χ1n) is 9.25. The Hall–Kier alpha value is -3.32. The normalized spacial score (nSPS) is 19.0. The zero-order valence-corrected chi connectivity index (χ0v) is 16.4. The van der Waals surface area contributed by atoms with Crippen molar-refractivity contribution in [1.82, 2.24) is 4.98 Å². The van der Waals surface area contributed by atoms with Crippen molar-refractivity contribution in [2.45, 2.75) is 37.8 Å². The number of carbonyl (C=O) groups is 2. The van der Waals surface area contributed by atoms with Crippen molar-refractivity contribution in [1.29, 1.82) is 5.26 Å². The average Bonchev–Trinajstić information content (AvgIpc) is 2.74. The Balaban J connectivity index is 2.03. The van der Waals surface area contributed by atoms with E-state index in [9.17, 15) is 23.6 Å². The first-order chi connectivity index (χ1) is 14.3. The number of anilines is 2. The molecule has 0 unspecified atom stereocenters. The Bertz CT molecular complexity index is 1020. The molecule has 2 atom stereocenters. The van der Waals surface area contributed by atoms with Gasteiger partial charge in [0.2, 0.25) is 0 Å². The van der Waals surface area contributed by atoms with Gasteiger partial charge in [-0.15, -0.1) is 0 Å². The molecule has 2 aromatic rings. The number of esters is 1. The van der Waals surface area contributed by atoms with Gasteiger partial charge in [0, 0.05) is 18.0 Å². The van der Waals surface area contributed by atoms with Crippen molar-refractivity contribution in [3.63, 3.8) is 0 Å². The average molecular weight is 418 g/mol. The van der Waals surface area contributed by atoms with Crippen LogP contribution in [0.2, 0.25) is 0 Å². The number of aromatic nitrogens is 1. The van der Waals surface area contributed by atoms with E-state index in [1.165, 1.54) is 6.20 Å². The van der Waals surface area contributed by atoms with E-state index in [1.807, 2.05) is 13.0 Å². The molecule has 1 fully saturated rings. The van der Waals surface area contributed by atoms with E-state index in [0.717, 1.165) is 7.11 Å². The van der Waals surface area contributed by atoms with Gasteiger partial charge in [-0.1, -0.05) is 0 Å². The highest BCUT2D eigenvalue weighted by atomic mass is 19.3. The molecule has 30 heavy (non-hydrogen) atoms. The number of ether oxygens (including phenoxy) is 2. The van der Waals surface area contributed by atoms with Crippen LogP contribution >= 0.6 is 0 Å². The fraction of sp³-hybridized carbons (Fsp3) is 0.400. The van der Waals surface area contributed by atoms with Gasteiger partial charge in [-0.2, -0.15) is 14.0 Å². The third-order valence-electron chi connectivity index (χ3n) is 4.81. The maximum absolute atomic E-state index is 14.0. The van der Waals surface area contributed by atoms with Crippen LogP contribution in [0, 0.1) is 11.3 Å². The molecule has 0 bridgehead atoms. The third-order valence-corrected chi connectivity index (χ3v) is 4.81. The van der Waals surface area contributed by atoms with E-state index in [-0.39, 0.29) is 17.8 Å². The number of nitriles is 1. The molecule has 2 N–H and O–H groups in total. The number of rotatable bonds is 5. The van der Waals surface area contributed by atoms with Crippen LogP contribution in [0.1, 0.15) is 25.3 Å². The fourth-order valence-corrected chi connectivity index (χ4v) is 3.27. The van der Waals surface area contributed by atoms with E-state index in [1.54, 1.807) is 18.2 Å². The monoisotopic (exact) mass is 418 g/mol.